The van der Waals surface area contributed by atoms with Gasteiger partial charge in [0.2, 0.25) is 0 Å². The van der Waals surface area contributed by atoms with Crippen LogP contribution in [-0.2, 0) is 0 Å². The number of carbonyl (C=O) groups excluding carboxylic acids is 2. The van der Waals surface area contributed by atoms with Gasteiger partial charge in [-0.1, -0.05) is 13.8 Å². The molecule has 0 spiro atoms. The molecule has 0 unspecified atom stereocenters. The molecular weight excluding hydrogens is 324 g/mol. The average Bonchev–Trinajstić information content (AvgIpc) is 2.78. The normalized spacial score (nSPS) is 13.5. The summed E-state index contributed by atoms with van der Waals surface area (Å²) in [6.07, 6.45) is 0. The van der Waals surface area contributed by atoms with Gasteiger partial charge in [-0.15, -0.1) is 0 Å². The molecule has 128 valence electrons. The molecule has 0 bridgehead atoms. The quantitative estimate of drug-likeness (QED) is 0.523. The minimum absolute atomic E-state index is 0.00406. The lowest BCUT2D eigenvalue weighted by atomic mass is 9.98. The molecule has 3 rings (SSSR count). The second-order valence-electron chi connectivity index (χ2n) is 6.28. The fourth-order valence-corrected chi connectivity index (χ4v) is 2.96. The molecule has 25 heavy (non-hydrogen) atoms. The Labute approximate surface area is 143 Å². The number of hydrogen-bond acceptors (Lipinski definition) is 5. The summed E-state index contributed by atoms with van der Waals surface area (Å²) in [4.78, 5) is 36.7. The van der Waals surface area contributed by atoms with Crippen molar-refractivity contribution in [3.63, 3.8) is 0 Å². The van der Waals surface area contributed by atoms with E-state index in [4.69, 9.17) is 0 Å². The molecule has 2 aromatic carbocycles. The summed E-state index contributed by atoms with van der Waals surface area (Å²) in [5, 5.41) is 21.0. The highest BCUT2D eigenvalue weighted by Gasteiger charge is 2.38. The standard InChI is InChI=1S/C18H16N2O5/c1-9(2)13-8-15(10(3)6-16(13)21)19-17(22)12-5-4-11(20(24)25)7-14(12)18(19)23/h4-9,21H,1-3H3. The van der Waals surface area contributed by atoms with Gasteiger partial charge in [0.15, 0.2) is 0 Å². The van der Waals surface area contributed by atoms with E-state index in [9.17, 15) is 24.8 Å². The van der Waals surface area contributed by atoms with E-state index in [-0.39, 0.29) is 28.5 Å². The molecule has 0 saturated carbocycles. The molecule has 1 heterocycles. The molecule has 0 aromatic heterocycles. The number of phenols is 1. The van der Waals surface area contributed by atoms with Crippen molar-refractivity contribution in [3.05, 3.63) is 62.7 Å². The van der Waals surface area contributed by atoms with E-state index in [1.807, 2.05) is 13.8 Å². The van der Waals surface area contributed by atoms with Crippen molar-refractivity contribution in [2.45, 2.75) is 26.7 Å². The van der Waals surface area contributed by atoms with E-state index in [0.717, 1.165) is 11.0 Å². The smallest absolute Gasteiger partial charge is 0.270 e. The Bertz CT molecular complexity index is 933. The van der Waals surface area contributed by atoms with Crippen molar-refractivity contribution in [1.29, 1.82) is 0 Å². The summed E-state index contributed by atoms with van der Waals surface area (Å²) in [6, 6.07) is 6.75. The van der Waals surface area contributed by atoms with Gasteiger partial charge in [-0.2, -0.15) is 0 Å². The van der Waals surface area contributed by atoms with Gasteiger partial charge in [-0.05, 0) is 42.2 Å². The predicted octanol–water partition coefficient (Wildman–Crippen LogP) is 3.53. The Hall–Kier alpha value is -3.22. The van der Waals surface area contributed by atoms with Crippen LogP contribution in [0.1, 0.15) is 51.6 Å². The van der Waals surface area contributed by atoms with Crippen LogP contribution in [0.25, 0.3) is 0 Å². The van der Waals surface area contributed by atoms with Crippen LogP contribution in [0.15, 0.2) is 30.3 Å². The Morgan fingerprint density at radius 2 is 1.72 bits per heavy atom. The molecule has 1 aliphatic heterocycles. The number of anilines is 1. The van der Waals surface area contributed by atoms with E-state index in [0.29, 0.717) is 16.8 Å². The number of imide groups is 1. The first-order chi connectivity index (χ1) is 11.7. The zero-order valence-corrected chi connectivity index (χ0v) is 13.9. The Kier molecular flexibility index (Phi) is 3.79. The lowest BCUT2D eigenvalue weighted by molar-refractivity contribution is -0.384. The van der Waals surface area contributed by atoms with Crippen LogP contribution in [0.4, 0.5) is 11.4 Å². The minimum Gasteiger partial charge on any atom is -0.508 e. The number of carbonyl (C=O) groups is 2. The van der Waals surface area contributed by atoms with E-state index in [1.165, 1.54) is 18.2 Å². The summed E-state index contributed by atoms with van der Waals surface area (Å²) >= 11 is 0. The molecule has 0 atom stereocenters. The number of phenolic OH excluding ortho intramolecular Hbond substituents is 1. The predicted molar refractivity (Wildman–Crippen MR) is 91.2 cm³/mol. The zero-order valence-electron chi connectivity index (χ0n) is 13.9. The molecule has 7 heteroatoms. The van der Waals surface area contributed by atoms with Crippen molar-refractivity contribution in [2.24, 2.45) is 0 Å². The van der Waals surface area contributed by atoms with E-state index in [2.05, 4.69) is 0 Å². The summed E-state index contributed by atoms with van der Waals surface area (Å²) in [6.45, 7) is 5.46. The summed E-state index contributed by atoms with van der Waals surface area (Å²) in [5.74, 6) is -1.04. The van der Waals surface area contributed by atoms with Crippen LogP contribution in [0.3, 0.4) is 0 Å². The summed E-state index contributed by atoms with van der Waals surface area (Å²) < 4.78 is 0. The number of nitrogens with zero attached hydrogens (tertiary/aromatic N) is 2. The second-order valence-corrected chi connectivity index (χ2v) is 6.28. The molecule has 2 amide bonds. The molecule has 7 nitrogen and oxygen atoms in total. The van der Waals surface area contributed by atoms with Gasteiger partial charge in [0, 0.05) is 12.1 Å². The molecule has 1 aliphatic rings. The maximum atomic E-state index is 12.7. The molecule has 0 saturated heterocycles. The summed E-state index contributed by atoms with van der Waals surface area (Å²) in [7, 11) is 0. The Balaban J connectivity index is 2.14. The number of non-ortho nitro benzene ring substituents is 1. The maximum absolute atomic E-state index is 12.7. The van der Waals surface area contributed by atoms with Crippen molar-refractivity contribution < 1.29 is 19.6 Å². The zero-order chi connectivity index (χ0) is 18.5. The monoisotopic (exact) mass is 340 g/mol. The molecule has 0 radical (unpaired) electrons. The molecule has 1 N–H and O–H groups in total. The average molecular weight is 340 g/mol. The molecule has 0 aliphatic carbocycles. The number of amides is 2. The first-order valence-corrected chi connectivity index (χ1v) is 7.73. The van der Waals surface area contributed by atoms with Crippen molar-refractivity contribution in [2.75, 3.05) is 4.90 Å². The van der Waals surface area contributed by atoms with Crippen LogP contribution in [0.2, 0.25) is 0 Å². The van der Waals surface area contributed by atoms with Crippen LogP contribution < -0.4 is 4.90 Å². The minimum atomic E-state index is -0.608. The van der Waals surface area contributed by atoms with E-state index in [1.54, 1.807) is 13.0 Å². The largest absolute Gasteiger partial charge is 0.508 e. The van der Waals surface area contributed by atoms with Gasteiger partial charge in [-0.25, -0.2) is 4.90 Å². The maximum Gasteiger partial charge on any atom is 0.270 e. The third-order valence-corrected chi connectivity index (χ3v) is 4.29. The first kappa shape index (κ1) is 16.6. The van der Waals surface area contributed by atoms with E-state index < -0.39 is 16.7 Å². The van der Waals surface area contributed by atoms with Crippen molar-refractivity contribution in [3.8, 4) is 5.75 Å². The van der Waals surface area contributed by atoms with Gasteiger partial charge in [0.05, 0.1) is 21.7 Å². The number of rotatable bonds is 3. The number of fused-ring (bicyclic) bond motifs is 1. The fourth-order valence-electron chi connectivity index (χ4n) is 2.96. The molecule has 0 fully saturated rings. The van der Waals surface area contributed by atoms with Crippen LogP contribution in [-0.4, -0.2) is 21.8 Å². The van der Waals surface area contributed by atoms with Gasteiger partial charge < -0.3 is 5.11 Å². The fraction of sp³-hybridized carbons (Fsp3) is 0.222. The van der Waals surface area contributed by atoms with Crippen LogP contribution in [0, 0.1) is 17.0 Å². The Morgan fingerprint density at radius 1 is 1.08 bits per heavy atom. The SMILES string of the molecule is Cc1cc(O)c(C(C)C)cc1N1C(=O)c2ccc([N+](=O)[O-])cc2C1=O. The Morgan fingerprint density at radius 3 is 2.32 bits per heavy atom. The number of benzene rings is 2. The lowest BCUT2D eigenvalue weighted by Crippen LogP contribution is -2.30. The van der Waals surface area contributed by atoms with Gasteiger partial charge in [-0.3, -0.25) is 19.7 Å². The van der Waals surface area contributed by atoms with Gasteiger partial charge >= 0.3 is 0 Å². The number of nitro groups is 1. The number of aryl methyl sites for hydroxylation is 1. The number of hydrogen-bond donors (Lipinski definition) is 1. The highest BCUT2D eigenvalue weighted by molar-refractivity contribution is 6.34. The van der Waals surface area contributed by atoms with E-state index >= 15 is 0 Å². The van der Waals surface area contributed by atoms with Crippen molar-refractivity contribution >= 4 is 23.2 Å². The van der Waals surface area contributed by atoms with Gasteiger partial charge in [0.1, 0.15) is 5.75 Å². The highest BCUT2D eigenvalue weighted by atomic mass is 16.6. The van der Waals surface area contributed by atoms with Crippen LogP contribution in [0.5, 0.6) is 5.75 Å². The molecular formula is C18H16N2O5. The third-order valence-electron chi connectivity index (χ3n) is 4.29. The number of nitro benzene ring substituents is 1. The van der Waals surface area contributed by atoms with Crippen molar-refractivity contribution in [1.82, 2.24) is 0 Å². The summed E-state index contributed by atoms with van der Waals surface area (Å²) in [5.41, 5.74) is 1.45. The first-order valence-electron chi connectivity index (χ1n) is 7.73. The topological polar surface area (TPSA) is 101 Å². The lowest BCUT2D eigenvalue weighted by Gasteiger charge is -2.20. The highest BCUT2D eigenvalue weighted by Crippen LogP contribution is 2.37. The third kappa shape index (κ3) is 2.53. The molecule has 2 aromatic rings. The van der Waals surface area contributed by atoms with Gasteiger partial charge in [0.25, 0.3) is 17.5 Å². The van der Waals surface area contributed by atoms with Crippen LogP contribution >= 0.6 is 0 Å². The number of aromatic hydroxyl groups is 1. The second kappa shape index (κ2) is 5.70.